The Labute approximate surface area is 237 Å². The average Bonchev–Trinajstić information content (AvgIpc) is 3.39. The molecule has 2 atom stereocenters. The maximum Gasteiger partial charge on any atom is 0.407 e. The molecule has 12 heteroatoms. The number of hydrogen-bond acceptors (Lipinski definition) is 9. The Hall–Kier alpha value is -4.24. The van der Waals surface area contributed by atoms with Crippen LogP contribution in [0.15, 0.2) is 30.6 Å². The summed E-state index contributed by atoms with van der Waals surface area (Å²) in [6.45, 7) is 3.83. The molecule has 0 bridgehead atoms. The van der Waals surface area contributed by atoms with Gasteiger partial charge in [-0.2, -0.15) is 15.2 Å². The Morgan fingerprint density at radius 3 is 2.83 bits per heavy atom. The molecule has 1 N–H and O–H groups in total. The SMILES string of the molecule is CN1CCCC1COc1nc2c(c(N3CCN(C(=O)O)C(CC#N)C3)n1)CCN(c1cncc3cc(F)ccc13)C2. The van der Waals surface area contributed by atoms with Gasteiger partial charge >= 0.3 is 12.1 Å². The first-order valence-electron chi connectivity index (χ1n) is 14.0. The summed E-state index contributed by atoms with van der Waals surface area (Å²) in [5.74, 6) is 0.445. The first kappa shape index (κ1) is 27.0. The van der Waals surface area contributed by atoms with Crippen LogP contribution in [0, 0.1) is 17.1 Å². The second-order valence-electron chi connectivity index (χ2n) is 11.0. The molecule has 11 nitrogen and oxygen atoms in total. The number of aromatic nitrogens is 3. The van der Waals surface area contributed by atoms with Crippen molar-refractivity contribution < 1.29 is 19.0 Å². The summed E-state index contributed by atoms with van der Waals surface area (Å²) in [7, 11) is 2.10. The monoisotopic (exact) mass is 560 g/mol. The standard InChI is InChI=1S/C29H33FN8O3/c1-35-9-2-3-22(35)18-41-28-33-25-17-36(26-15-32-14-19-13-20(30)4-5-23(19)26)10-7-24(25)27(34-28)37-11-12-38(29(39)40)21(16-37)6-8-31/h4-5,13-15,21-22H,2-3,6-7,9-12,16-18H2,1H3,(H,39,40). The van der Waals surface area contributed by atoms with Crippen LogP contribution >= 0.6 is 0 Å². The number of likely N-dealkylation sites (tertiary alicyclic amines) is 1. The molecule has 214 valence electrons. The maximum absolute atomic E-state index is 13.9. The van der Waals surface area contributed by atoms with Gasteiger partial charge in [-0.25, -0.2) is 9.18 Å². The van der Waals surface area contributed by atoms with Crippen LogP contribution in [0.3, 0.4) is 0 Å². The van der Waals surface area contributed by atoms with Crippen molar-refractivity contribution in [2.75, 3.05) is 56.2 Å². The number of ether oxygens (including phenoxy) is 1. The fraction of sp³-hybridized carbons (Fsp3) is 0.483. The predicted octanol–water partition coefficient (Wildman–Crippen LogP) is 3.28. The van der Waals surface area contributed by atoms with Crippen LogP contribution in [0.5, 0.6) is 6.01 Å². The van der Waals surface area contributed by atoms with E-state index in [4.69, 9.17) is 14.7 Å². The summed E-state index contributed by atoms with van der Waals surface area (Å²) in [5, 5.41) is 20.7. The summed E-state index contributed by atoms with van der Waals surface area (Å²) < 4.78 is 20.1. The molecule has 2 unspecified atom stereocenters. The van der Waals surface area contributed by atoms with Gasteiger partial charge in [-0.3, -0.25) is 4.98 Å². The molecule has 5 heterocycles. The van der Waals surface area contributed by atoms with Crippen LogP contribution < -0.4 is 14.5 Å². The fourth-order valence-electron chi connectivity index (χ4n) is 6.24. The Bertz CT molecular complexity index is 1500. The van der Waals surface area contributed by atoms with E-state index in [1.807, 2.05) is 0 Å². The van der Waals surface area contributed by atoms with Crippen molar-refractivity contribution in [3.8, 4) is 12.1 Å². The molecule has 1 aromatic carbocycles. The zero-order valence-corrected chi connectivity index (χ0v) is 23.0. The quantitative estimate of drug-likeness (QED) is 0.481. The van der Waals surface area contributed by atoms with Crippen molar-refractivity contribution >= 4 is 28.4 Å². The van der Waals surface area contributed by atoms with Gasteiger partial charge in [0.25, 0.3) is 0 Å². The lowest BCUT2D eigenvalue weighted by molar-refractivity contribution is 0.119. The summed E-state index contributed by atoms with van der Waals surface area (Å²) in [6.07, 6.45) is 5.42. The highest BCUT2D eigenvalue weighted by atomic mass is 19.1. The number of amides is 1. The number of nitrogens with zero attached hydrogens (tertiary/aromatic N) is 8. The van der Waals surface area contributed by atoms with E-state index in [0.717, 1.165) is 52.9 Å². The van der Waals surface area contributed by atoms with Crippen LogP contribution in [0.1, 0.15) is 30.5 Å². The van der Waals surface area contributed by atoms with E-state index >= 15 is 0 Å². The topological polar surface area (TPSA) is 122 Å². The van der Waals surface area contributed by atoms with Crippen LogP contribution in [0.2, 0.25) is 0 Å². The molecule has 3 aliphatic rings. The number of halogens is 1. The summed E-state index contributed by atoms with van der Waals surface area (Å²) in [6, 6.07) is 7.03. The number of fused-ring (bicyclic) bond motifs is 2. The van der Waals surface area contributed by atoms with Gasteiger partial charge in [-0.1, -0.05) is 0 Å². The van der Waals surface area contributed by atoms with Gasteiger partial charge in [0.1, 0.15) is 18.2 Å². The second-order valence-corrected chi connectivity index (χ2v) is 11.0. The Morgan fingerprint density at radius 2 is 2.05 bits per heavy atom. The highest BCUT2D eigenvalue weighted by Gasteiger charge is 2.34. The van der Waals surface area contributed by atoms with Gasteiger partial charge in [-0.15, -0.1) is 0 Å². The van der Waals surface area contributed by atoms with Gasteiger partial charge in [-0.05, 0) is 51.1 Å². The van der Waals surface area contributed by atoms with E-state index < -0.39 is 12.1 Å². The molecule has 1 amide bonds. The number of rotatable bonds is 6. The number of hydrogen-bond donors (Lipinski definition) is 1. The molecule has 2 aromatic heterocycles. The minimum atomic E-state index is -1.02. The van der Waals surface area contributed by atoms with Crippen LogP contribution in [0.4, 0.5) is 20.7 Å². The smallest absolute Gasteiger partial charge is 0.407 e. The van der Waals surface area contributed by atoms with Crippen LogP contribution in [-0.4, -0.2) is 94.4 Å². The lowest BCUT2D eigenvalue weighted by Gasteiger charge is -2.41. The number of carboxylic acid groups (broad SMARTS) is 1. The van der Waals surface area contributed by atoms with Crippen LogP contribution in [-0.2, 0) is 13.0 Å². The third kappa shape index (κ3) is 5.41. The molecule has 2 saturated heterocycles. The highest BCUT2D eigenvalue weighted by molar-refractivity contribution is 5.93. The third-order valence-electron chi connectivity index (χ3n) is 8.49. The van der Waals surface area contributed by atoms with Crippen molar-refractivity contribution in [2.45, 2.75) is 44.3 Å². The molecule has 0 saturated carbocycles. The number of carbonyl (C=O) groups is 1. The Kier molecular flexibility index (Phi) is 7.45. The van der Waals surface area contributed by atoms with Crippen molar-refractivity contribution in [1.29, 1.82) is 5.26 Å². The second kappa shape index (κ2) is 11.3. The van der Waals surface area contributed by atoms with E-state index in [0.29, 0.717) is 51.3 Å². The van der Waals surface area contributed by atoms with Gasteiger partial charge in [0.2, 0.25) is 0 Å². The molecule has 6 rings (SSSR count). The van der Waals surface area contributed by atoms with Gasteiger partial charge < -0.3 is 29.4 Å². The normalized spacial score (nSPS) is 21.1. The molecule has 3 aliphatic heterocycles. The minimum Gasteiger partial charge on any atom is -0.465 e. The number of pyridine rings is 1. The first-order chi connectivity index (χ1) is 19.9. The van der Waals surface area contributed by atoms with E-state index in [-0.39, 0.29) is 18.8 Å². The molecule has 3 aromatic rings. The number of anilines is 2. The predicted molar refractivity (Wildman–Crippen MR) is 151 cm³/mol. The Balaban J connectivity index is 1.33. The summed E-state index contributed by atoms with van der Waals surface area (Å²) in [5.41, 5.74) is 2.76. The average molecular weight is 561 g/mol. The molecule has 0 spiro atoms. The first-order valence-corrected chi connectivity index (χ1v) is 14.0. The number of likely N-dealkylation sites (N-methyl/N-ethyl adjacent to an activating group) is 1. The van der Waals surface area contributed by atoms with Gasteiger partial charge in [0.05, 0.1) is 42.7 Å². The number of nitriles is 1. The summed E-state index contributed by atoms with van der Waals surface area (Å²) in [4.78, 5) is 33.8. The Morgan fingerprint density at radius 1 is 1.17 bits per heavy atom. The largest absolute Gasteiger partial charge is 0.465 e. The molecule has 2 fully saturated rings. The lowest BCUT2D eigenvalue weighted by atomic mass is 10.0. The minimum absolute atomic E-state index is 0.107. The van der Waals surface area contributed by atoms with E-state index in [9.17, 15) is 19.6 Å². The van der Waals surface area contributed by atoms with Gasteiger partial charge in [0.15, 0.2) is 0 Å². The summed E-state index contributed by atoms with van der Waals surface area (Å²) >= 11 is 0. The fourth-order valence-corrected chi connectivity index (χ4v) is 6.24. The molecule has 0 aliphatic carbocycles. The van der Waals surface area contributed by atoms with Crippen LogP contribution in [0.25, 0.3) is 10.8 Å². The van der Waals surface area contributed by atoms with Crippen molar-refractivity contribution in [3.63, 3.8) is 0 Å². The van der Waals surface area contributed by atoms with E-state index in [1.54, 1.807) is 18.5 Å². The highest BCUT2D eigenvalue weighted by Crippen LogP contribution is 2.34. The molecular weight excluding hydrogens is 527 g/mol. The van der Waals surface area contributed by atoms with Crippen molar-refractivity contribution in [1.82, 2.24) is 24.8 Å². The molecule has 41 heavy (non-hydrogen) atoms. The maximum atomic E-state index is 13.9. The molecule has 0 radical (unpaired) electrons. The lowest BCUT2D eigenvalue weighted by Crippen LogP contribution is -2.55. The number of benzene rings is 1. The zero-order chi connectivity index (χ0) is 28.5. The number of piperazine rings is 1. The van der Waals surface area contributed by atoms with Crippen molar-refractivity contribution in [2.24, 2.45) is 0 Å². The van der Waals surface area contributed by atoms with Crippen molar-refractivity contribution in [3.05, 3.63) is 47.7 Å². The van der Waals surface area contributed by atoms with Gasteiger partial charge in [0, 0.05) is 54.8 Å². The zero-order valence-electron chi connectivity index (χ0n) is 23.0. The van der Waals surface area contributed by atoms with E-state index in [2.05, 4.69) is 32.8 Å². The third-order valence-corrected chi connectivity index (χ3v) is 8.49. The van der Waals surface area contributed by atoms with E-state index in [1.165, 1.54) is 17.0 Å². The molecular formula is C29H33FN8O3.